The normalized spacial score (nSPS) is 26.6. The predicted molar refractivity (Wildman–Crippen MR) is 82.1 cm³/mol. The van der Waals surface area contributed by atoms with Crippen molar-refractivity contribution in [3.8, 4) is 5.88 Å². The lowest BCUT2D eigenvalue weighted by Crippen LogP contribution is -2.36. The first-order chi connectivity index (χ1) is 9.49. The van der Waals surface area contributed by atoms with Crippen LogP contribution in [0.5, 0.6) is 5.88 Å². The van der Waals surface area contributed by atoms with Gasteiger partial charge in [0.05, 0.1) is 0 Å². The lowest BCUT2D eigenvalue weighted by Gasteiger charge is -2.37. The average molecular weight is 277 g/mol. The Morgan fingerprint density at radius 2 is 2.05 bits per heavy atom. The third-order valence-electron chi connectivity index (χ3n) is 4.29. The van der Waals surface area contributed by atoms with Crippen LogP contribution in [-0.4, -0.2) is 23.1 Å². The predicted octanol–water partition coefficient (Wildman–Crippen LogP) is 3.67. The van der Waals surface area contributed by atoms with Gasteiger partial charge in [-0.1, -0.05) is 27.2 Å². The molecule has 0 aromatic carbocycles. The SMILES string of the molecule is CNc1nc(C)cc(OC2CC(C)CCC2C(C)C)n1. The number of nitrogens with one attached hydrogen (secondary N) is 1. The van der Waals surface area contributed by atoms with Crippen LogP contribution in [0.4, 0.5) is 5.95 Å². The summed E-state index contributed by atoms with van der Waals surface area (Å²) in [7, 11) is 1.83. The largest absolute Gasteiger partial charge is 0.474 e. The van der Waals surface area contributed by atoms with Gasteiger partial charge in [-0.05, 0) is 37.5 Å². The monoisotopic (exact) mass is 277 g/mol. The molecule has 1 aromatic rings. The fraction of sp³-hybridized carbons (Fsp3) is 0.750. The number of aromatic nitrogens is 2. The highest BCUT2D eigenvalue weighted by Gasteiger charge is 2.32. The Hall–Kier alpha value is -1.32. The molecule has 1 N–H and O–H groups in total. The number of hydrogen-bond acceptors (Lipinski definition) is 4. The molecule has 1 saturated carbocycles. The van der Waals surface area contributed by atoms with Gasteiger partial charge in [-0.3, -0.25) is 0 Å². The van der Waals surface area contributed by atoms with Gasteiger partial charge in [0, 0.05) is 18.8 Å². The number of aryl methyl sites for hydroxylation is 1. The summed E-state index contributed by atoms with van der Waals surface area (Å²) < 4.78 is 6.23. The van der Waals surface area contributed by atoms with Crippen molar-refractivity contribution in [2.24, 2.45) is 17.8 Å². The van der Waals surface area contributed by atoms with E-state index >= 15 is 0 Å². The second kappa shape index (κ2) is 6.42. The molecule has 112 valence electrons. The third-order valence-corrected chi connectivity index (χ3v) is 4.29. The van der Waals surface area contributed by atoms with Gasteiger partial charge in [-0.2, -0.15) is 4.98 Å². The van der Waals surface area contributed by atoms with Crippen LogP contribution in [0, 0.1) is 24.7 Å². The molecular formula is C16H27N3O. The van der Waals surface area contributed by atoms with E-state index in [2.05, 4.69) is 36.1 Å². The van der Waals surface area contributed by atoms with E-state index in [1.165, 1.54) is 12.8 Å². The molecule has 0 saturated heterocycles. The van der Waals surface area contributed by atoms with Crippen LogP contribution in [0.1, 0.15) is 45.7 Å². The van der Waals surface area contributed by atoms with Crippen molar-refractivity contribution < 1.29 is 4.74 Å². The van der Waals surface area contributed by atoms with E-state index in [-0.39, 0.29) is 6.10 Å². The molecule has 4 heteroatoms. The van der Waals surface area contributed by atoms with Gasteiger partial charge in [0.2, 0.25) is 11.8 Å². The van der Waals surface area contributed by atoms with Crippen molar-refractivity contribution in [1.82, 2.24) is 9.97 Å². The molecule has 0 spiro atoms. The van der Waals surface area contributed by atoms with Gasteiger partial charge in [0.15, 0.2) is 0 Å². The van der Waals surface area contributed by atoms with E-state index in [4.69, 9.17) is 4.74 Å². The Morgan fingerprint density at radius 1 is 1.30 bits per heavy atom. The van der Waals surface area contributed by atoms with E-state index in [0.717, 1.165) is 18.0 Å². The smallest absolute Gasteiger partial charge is 0.225 e. The average Bonchev–Trinajstić information content (AvgIpc) is 2.37. The van der Waals surface area contributed by atoms with Crippen LogP contribution < -0.4 is 10.1 Å². The number of anilines is 1. The molecule has 0 bridgehead atoms. The van der Waals surface area contributed by atoms with Crippen LogP contribution in [0.3, 0.4) is 0 Å². The Kier molecular flexibility index (Phi) is 4.84. The Morgan fingerprint density at radius 3 is 2.70 bits per heavy atom. The van der Waals surface area contributed by atoms with Crippen LogP contribution >= 0.6 is 0 Å². The molecule has 1 fully saturated rings. The van der Waals surface area contributed by atoms with Crippen molar-refractivity contribution in [3.05, 3.63) is 11.8 Å². The number of ether oxygens (including phenoxy) is 1. The lowest BCUT2D eigenvalue weighted by atomic mass is 9.75. The fourth-order valence-corrected chi connectivity index (χ4v) is 3.12. The summed E-state index contributed by atoms with van der Waals surface area (Å²) in [4.78, 5) is 8.73. The molecule has 0 amide bonds. The Labute approximate surface area is 122 Å². The molecule has 2 rings (SSSR count). The molecule has 1 aliphatic rings. The van der Waals surface area contributed by atoms with E-state index in [1.54, 1.807) is 0 Å². The van der Waals surface area contributed by atoms with Crippen LogP contribution in [0.25, 0.3) is 0 Å². The zero-order chi connectivity index (χ0) is 14.7. The second-order valence-electron chi connectivity index (χ2n) is 6.40. The van der Waals surface area contributed by atoms with Crippen LogP contribution in [0.15, 0.2) is 6.07 Å². The van der Waals surface area contributed by atoms with Gasteiger partial charge >= 0.3 is 0 Å². The number of rotatable bonds is 4. The molecule has 3 unspecified atom stereocenters. The van der Waals surface area contributed by atoms with Crippen molar-refractivity contribution in [3.63, 3.8) is 0 Å². The van der Waals surface area contributed by atoms with Crippen molar-refractivity contribution in [1.29, 1.82) is 0 Å². The van der Waals surface area contributed by atoms with Crippen LogP contribution in [0.2, 0.25) is 0 Å². The molecule has 1 heterocycles. The molecule has 0 radical (unpaired) electrons. The summed E-state index contributed by atoms with van der Waals surface area (Å²) in [5, 5.41) is 2.99. The molecule has 1 aliphatic carbocycles. The molecule has 20 heavy (non-hydrogen) atoms. The van der Waals surface area contributed by atoms with Crippen molar-refractivity contribution in [2.45, 2.75) is 53.1 Å². The molecular weight excluding hydrogens is 250 g/mol. The minimum Gasteiger partial charge on any atom is -0.474 e. The summed E-state index contributed by atoms with van der Waals surface area (Å²) >= 11 is 0. The maximum absolute atomic E-state index is 6.23. The summed E-state index contributed by atoms with van der Waals surface area (Å²) in [5.74, 6) is 3.34. The molecule has 3 atom stereocenters. The van der Waals surface area contributed by atoms with E-state index in [1.807, 2.05) is 20.0 Å². The van der Waals surface area contributed by atoms with Gasteiger partial charge in [0.25, 0.3) is 0 Å². The quantitative estimate of drug-likeness (QED) is 0.912. The number of nitrogens with zero attached hydrogens (tertiary/aromatic N) is 2. The minimum absolute atomic E-state index is 0.276. The zero-order valence-corrected chi connectivity index (χ0v) is 13.3. The topological polar surface area (TPSA) is 47.0 Å². The fourth-order valence-electron chi connectivity index (χ4n) is 3.12. The summed E-state index contributed by atoms with van der Waals surface area (Å²) in [6, 6.07) is 1.93. The Balaban J connectivity index is 2.15. The third kappa shape index (κ3) is 3.62. The molecule has 4 nitrogen and oxygen atoms in total. The summed E-state index contributed by atoms with van der Waals surface area (Å²) in [5.41, 5.74) is 0.935. The number of hydrogen-bond donors (Lipinski definition) is 1. The first-order valence-corrected chi connectivity index (χ1v) is 7.69. The van der Waals surface area contributed by atoms with Crippen LogP contribution in [-0.2, 0) is 0 Å². The van der Waals surface area contributed by atoms with Gasteiger partial charge in [0.1, 0.15) is 6.10 Å². The molecule has 0 aliphatic heterocycles. The van der Waals surface area contributed by atoms with Gasteiger partial charge in [-0.15, -0.1) is 0 Å². The highest BCUT2D eigenvalue weighted by molar-refractivity contribution is 5.29. The maximum atomic E-state index is 6.23. The minimum atomic E-state index is 0.276. The highest BCUT2D eigenvalue weighted by atomic mass is 16.5. The van der Waals surface area contributed by atoms with Gasteiger partial charge < -0.3 is 10.1 Å². The molecule has 1 aromatic heterocycles. The summed E-state index contributed by atoms with van der Waals surface area (Å²) in [6.45, 7) is 8.87. The zero-order valence-electron chi connectivity index (χ0n) is 13.3. The Bertz CT molecular complexity index is 447. The standard InChI is InChI=1S/C16H27N3O/c1-10(2)13-7-6-11(3)8-14(13)20-15-9-12(4)18-16(17-5)19-15/h9-11,13-14H,6-8H2,1-5H3,(H,17,18,19). The van der Waals surface area contributed by atoms with E-state index in [9.17, 15) is 0 Å². The van der Waals surface area contributed by atoms with Gasteiger partial charge in [-0.25, -0.2) is 4.98 Å². The van der Waals surface area contributed by atoms with E-state index in [0.29, 0.717) is 23.7 Å². The van der Waals surface area contributed by atoms with Crippen molar-refractivity contribution in [2.75, 3.05) is 12.4 Å². The maximum Gasteiger partial charge on any atom is 0.225 e. The lowest BCUT2D eigenvalue weighted by molar-refractivity contribution is 0.0426. The second-order valence-corrected chi connectivity index (χ2v) is 6.40. The first kappa shape index (κ1) is 15.1. The first-order valence-electron chi connectivity index (χ1n) is 7.69. The highest BCUT2D eigenvalue weighted by Crippen LogP contribution is 2.35. The van der Waals surface area contributed by atoms with Crippen molar-refractivity contribution >= 4 is 5.95 Å². The van der Waals surface area contributed by atoms with E-state index < -0.39 is 0 Å². The summed E-state index contributed by atoms with van der Waals surface area (Å²) in [6.07, 6.45) is 3.97.